The van der Waals surface area contributed by atoms with Crippen LogP contribution in [0.2, 0.25) is 0 Å². The van der Waals surface area contributed by atoms with Crippen molar-refractivity contribution in [1.29, 1.82) is 0 Å². The van der Waals surface area contributed by atoms with Gasteiger partial charge in [0.2, 0.25) is 7.37 Å². The number of nitrogens with zero attached hydrogens (tertiary/aromatic N) is 2. The Bertz CT molecular complexity index is 650. The molecule has 0 aromatic carbocycles. The molecular weight excluding hydrogens is 271 g/mol. The molecule has 2 heterocycles. The Morgan fingerprint density at radius 1 is 1.10 bits per heavy atom. The van der Waals surface area contributed by atoms with Crippen LogP contribution in [0.15, 0.2) is 36.4 Å². The van der Waals surface area contributed by atoms with E-state index in [1.165, 1.54) is 6.66 Å². The molecule has 0 fully saturated rings. The summed E-state index contributed by atoms with van der Waals surface area (Å²) in [5, 5.41) is 0. The van der Waals surface area contributed by atoms with E-state index in [0.29, 0.717) is 11.6 Å². The first-order chi connectivity index (χ1) is 9.36. The van der Waals surface area contributed by atoms with Gasteiger partial charge in [-0.3, -0.25) is 9.55 Å². The molecule has 0 saturated carbocycles. The molecule has 2 aromatic heterocycles. The predicted octanol–water partition coefficient (Wildman–Crippen LogP) is 2.87. The predicted molar refractivity (Wildman–Crippen MR) is 81.4 cm³/mol. The first-order valence-corrected chi connectivity index (χ1v) is 8.71. The van der Waals surface area contributed by atoms with E-state index < -0.39 is 7.37 Å². The minimum Gasteiger partial charge on any atom is -0.340 e. The van der Waals surface area contributed by atoms with Crippen molar-refractivity contribution in [2.75, 3.05) is 6.66 Å². The van der Waals surface area contributed by atoms with Gasteiger partial charge in [-0.25, -0.2) is 4.98 Å². The summed E-state index contributed by atoms with van der Waals surface area (Å²) in [6, 6.07) is 10.9. The lowest BCUT2D eigenvalue weighted by Crippen LogP contribution is -2.09. The molecule has 0 spiro atoms. The van der Waals surface area contributed by atoms with Gasteiger partial charge in [0.05, 0.1) is 11.4 Å². The van der Waals surface area contributed by atoms with Gasteiger partial charge in [-0.05, 0) is 36.6 Å². The normalized spacial score (nSPS) is 14.2. The zero-order valence-corrected chi connectivity index (χ0v) is 12.8. The molecule has 0 bridgehead atoms. The van der Waals surface area contributed by atoms with Crippen LogP contribution < -0.4 is 5.44 Å². The van der Waals surface area contributed by atoms with Crippen molar-refractivity contribution >= 4 is 12.8 Å². The van der Waals surface area contributed by atoms with E-state index >= 15 is 0 Å². The van der Waals surface area contributed by atoms with Crippen molar-refractivity contribution in [3.63, 3.8) is 0 Å². The molecule has 5 heteroatoms. The molecule has 2 rings (SSSR count). The molecule has 0 saturated heterocycles. The maximum atomic E-state index is 11.7. The minimum atomic E-state index is -3.34. The summed E-state index contributed by atoms with van der Waals surface area (Å²) >= 11 is 0. The largest absolute Gasteiger partial charge is 0.340 e. The lowest BCUT2D eigenvalue weighted by molar-refractivity contribution is 0.495. The van der Waals surface area contributed by atoms with Crippen molar-refractivity contribution in [3.05, 3.63) is 42.1 Å². The topological polar surface area (TPSA) is 63.1 Å². The van der Waals surface area contributed by atoms with Crippen LogP contribution in [0.25, 0.3) is 11.4 Å². The van der Waals surface area contributed by atoms with E-state index in [2.05, 4.69) is 23.8 Å². The molecular formula is C15H19N2O2P. The molecule has 20 heavy (non-hydrogen) atoms. The van der Waals surface area contributed by atoms with Gasteiger partial charge in [0.15, 0.2) is 0 Å². The van der Waals surface area contributed by atoms with Crippen molar-refractivity contribution in [2.45, 2.75) is 20.3 Å². The van der Waals surface area contributed by atoms with E-state index in [1.807, 2.05) is 18.2 Å². The summed E-state index contributed by atoms with van der Waals surface area (Å²) in [4.78, 5) is 18.4. The fourth-order valence-corrected chi connectivity index (χ4v) is 2.61. The van der Waals surface area contributed by atoms with Gasteiger partial charge in [-0.2, -0.15) is 0 Å². The first kappa shape index (κ1) is 14.9. The van der Waals surface area contributed by atoms with Gasteiger partial charge in [-0.1, -0.05) is 26.0 Å². The third-order valence-corrected chi connectivity index (χ3v) is 3.95. The molecule has 0 radical (unpaired) electrons. The van der Waals surface area contributed by atoms with Crippen LogP contribution in [0.1, 0.15) is 19.5 Å². The molecule has 0 aliphatic heterocycles. The monoisotopic (exact) mass is 290 g/mol. The molecule has 4 nitrogen and oxygen atoms in total. The molecule has 0 amide bonds. The summed E-state index contributed by atoms with van der Waals surface area (Å²) in [7, 11) is -3.34. The van der Waals surface area contributed by atoms with E-state index in [4.69, 9.17) is 0 Å². The molecule has 1 atom stereocenters. The Labute approximate surface area is 119 Å². The highest BCUT2D eigenvalue weighted by atomic mass is 31.2. The smallest absolute Gasteiger partial charge is 0.244 e. The van der Waals surface area contributed by atoms with Crippen LogP contribution in [-0.2, 0) is 11.0 Å². The zero-order valence-electron chi connectivity index (χ0n) is 11.9. The summed E-state index contributed by atoms with van der Waals surface area (Å²) in [5.41, 5.74) is 2.59. The Kier molecular flexibility index (Phi) is 4.36. The van der Waals surface area contributed by atoms with Crippen LogP contribution in [0.4, 0.5) is 0 Å². The Hall–Kier alpha value is -1.51. The fourth-order valence-electron chi connectivity index (χ4n) is 1.95. The van der Waals surface area contributed by atoms with E-state index in [9.17, 15) is 9.46 Å². The van der Waals surface area contributed by atoms with Gasteiger partial charge >= 0.3 is 0 Å². The van der Waals surface area contributed by atoms with Gasteiger partial charge < -0.3 is 4.89 Å². The quantitative estimate of drug-likeness (QED) is 0.879. The van der Waals surface area contributed by atoms with Gasteiger partial charge in [-0.15, -0.1) is 0 Å². The SMILES string of the molecule is CC(C)Cc1cccc(-c2cccc(P(C)(=O)O)n2)n1. The van der Waals surface area contributed by atoms with E-state index in [1.54, 1.807) is 18.2 Å². The fraction of sp³-hybridized carbons (Fsp3) is 0.333. The highest BCUT2D eigenvalue weighted by Crippen LogP contribution is 2.33. The number of aromatic nitrogens is 2. The van der Waals surface area contributed by atoms with Gasteiger partial charge in [0.25, 0.3) is 0 Å². The van der Waals surface area contributed by atoms with Crippen LogP contribution in [-0.4, -0.2) is 21.5 Å². The van der Waals surface area contributed by atoms with Crippen molar-refractivity contribution in [2.24, 2.45) is 5.92 Å². The van der Waals surface area contributed by atoms with Gasteiger partial charge in [0, 0.05) is 12.4 Å². The lowest BCUT2D eigenvalue weighted by atomic mass is 10.1. The second-order valence-electron chi connectivity index (χ2n) is 5.37. The van der Waals surface area contributed by atoms with E-state index in [-0.39, 0.29) is 5.44 Å². The van der Waals surface area contributed by atoms with E-state index in [0.717, 1.165) is 17.8 Å². The highest BCUT2D eigenvalue weighted by molar-refractivity contribution is 7.65. The Morgan fingerprint density at radius 3 is 2.30 bits per heavy atom. The molecule has 106 valence electrons. The molecule has 0 aliphatic rings. The standard InChI is InChI=1S/C15H19N2O2P/c1-11(2)10-12-6-4-7-13(16-12)14-8-5-9-15(17-14)20(3,18)19/h4-9,11H,10H2,1-3H3,(H,18,19). The summed E-state index contributed by atoms with van der Waals surface area (Å²) in [5.74, 6) is 0.533. The second-order valence-corrected chi connectivity index (χ2v) is 7.59. The van der Waals surface area contributed by atoms with Crippen molar-refractivity contribution in [3.8, 4) is 11.4 Å². The molecule has 1 N–H and O–H groups in total. The maximum Gasteiger partial charge on any atom is 0.244 e. The molecule has 0 aliphatic carbocycles. The highest BCUT2D eigenvalue weighted by Gasteiger charge is 2.16. The minimum absolute atomic E-state index is 0.214. The number of hydrogen-bond donors (Lipinski definition) is 1. The number of pyridine rings is 2. The third-order valence-electron chi connectivity index (χ3n) is 2.85. The van der Waals surface area contributed by atoms with Gasteiger partial charge in [0.1, 0.15) is 5.44 Å². The summed E-state index contributed by atoms with van der Waals surface area (Å²) in [6.45, 7) is 5.58. The van der Waals surface area contributed by atoms with Crippen molar-refractivity contribution in [1.82, 2.24) is 9.97 Å². The van der Waals surface area contributed by atoms with Crippen LogP contribution in [0.3, 0.4) is 0 Å². The molecule has 2 aromatic rings. The molecule has 1 unspecified atom stereocenters. The lowest BCUT2D eigenvalue weighted by Gasteiger charge is -2.09. The Balaban J connectivity index is 2.39. The summed E-state index contributed by atoms with van der Waals surface area (Å²) in [6.07, 6.45) is 0.903. The van der Waals surface area contributed by atoms with Crippen LogP contribution in [0, 0.1) is 5.92 Å². The average molecular weight is 290 g/mol. The van der Waals surface area contributed by atoms with Crippen LogP contribution >= 0.6 is 7.37 Å². The number of rotatable bonds is 4. The second kappa shape index (κ2) is 5.86. The number of hydrogen-bond acceptors (Lipinski definition) is 3. The van der Waals surface area contributed by atoms with Crippen molar-refractivity contribution < 1.29 is 9.46 Å². The average Bonchev–Trinajstić information content (AvgIpc) is 2.37. The Morgan fingerprint density at radius 2 is 1.70 bits per heavy atom. The van der Waals surface area contributed by atoms with Crippen LogP contribution in [0.5, 0.6) is 0 Å². The third kappa shape index (κ3) is 3.75. The zero-order chi connectivity index (χ0) is 14.8. The summed E-state index contributed by atoms with van der Waals surface area (Å²) < 4.78 is 11.7. The maximum absolute atomic E-state index is 11.7. The first-order valence-electron chi connectivity index (χ1n) is 6.60.